The molecule has 146 valence electrons. The number of nitrogens with one attached hydrogen (secondary N) is 2. The van der Waals surface area contributed by atoms with Crippen molar-refractivity contribution in [2.24, 2.45) is 25.9 Å². The minimum Gasteiger partial charge on any atom is -0.361 e. The summed E-state index contributed by atoms with van der Waals surface area (Å²) in [5.41, 5.74) is 7.16. The summed E-state index contributed by atoms with van der Waals surface area (Å²) < 4.78 is 0. The van der Waals surface area contributed by atoms with Crippen molar-refractivity contribution in [3.63, 3.8) is 0 Å². The Balaban J connectivity index is 1.44. The molecule has 7 rings (SSSR count). The second-order valence-electron chi connectivity index (χ2n) is 7.80. The number of benzene rings is 2. The number of para-hydroxylation sites is 2. The molecule has 0 fully saturated rings. The number of fused-ring (bicyclic) bond motifs is 2. The van der Waals surface area contributed by atoms with Gasteiger partial charge in [-0.3, -0.25) is 0 Å². The number of aromatic nitrogens is 2. The number of hydrogen-bond acceptors (Lipinski definition) is 4. The highest BCUT2D eigenvalue weighted by Gasteiger charge is 2.34. The normalized spacial score (nSPS) is 19.5. The molecule has 0 bridgehead atoms. The average molecular weight is 400 g/mol. The van der Waals surface area contributed by atoms with Crippen LogP contribution in [-0.4, -0.2) is 33.7 Å². The van der Waals surface area contributed by atoms with Crippen LogP contribution in [0.4, 0.5) is 0 Å². The number of amidine groups is 2. The summed E-state index contributed by atoms with van der Waals surface area (Å²) in [6.07, 6.45) is 9.76. The maximum Gasteiger partial charge on any atom is 0.145 e. The quantitative estimate of drug-likeness (QED) is 0.481. The first-order valence-electron chi connectivity index (χ1n) is 10.2. The zero-order valence-electron chi connectivity index (χ0n) is 16.4. The van der Waals surface area contributed by atoms with E-state index in [1.54, 1.807) is 6.34 Å². The predicted molar refractivity (Wildman–Crippen MR) is 126 cm³/mol. The van der Waals surface area contributed by atoms with Crippen LogP contribution >= 0.6 is 0 Å². The molecule has 3 aliphatic rings. The molecule has 3 aliphatic heterocycles. The topological polar surface area (TPSA) is 81.0 Å². The molecule has 0 saturated heterocycles. The van der Waals surface area contributed by atoms with Crippen LogP contribution in [0.1, 0.15) is 11.1 Å². The summed E-state index contributed by atoms with van der Waals surface area (Å²) in [4.78, 5) is 25.4. The van der Waals surface area contributed by atoms with Gasteiger partial charge in [0.25, 0.3) is 0 Å². The Hall–Kier alpha value is -4.32. The summed E-state index contributed by atoms with van der Waals surface area (Å²) in [6.45, 7) is 0. The highest BCUT2D eigenvalue weighted by Crippen LogP contribution is 2.36. The first kappa shape index (κ1) is 16.5. The molecule has 4 aromatic rings. The van der Waals surface area contributed by atoms with E-state index in [4.69, 9.17) is 9.98 Å². The molecule has 31 heavy (non-hydrogen) atoms. The smallest absolute Gasteiger partial charge is 0.145 e. The maximum atomic E-state index is 4.89. The number of aromatic amines is 2. The van der Waals surface area contributed by atoms with E-state index < -0.39 is 0 Å². The van der Waals surface area contributed by atoms with E-state index in [0.29, 0.717) is 0 Å². The first-order valence-corrected chi connectivity index (χ1v) is 10.2. The SMILES string of the molecule is C1=NC2=NC(c3cccc4cc[nH]c34)=CC3=CC(c4cccc5cc[nH]c45)=NC(=N1)C32. The minimum absolute atomic E-state index is 0.122. The van der Waals surface area contributed by atoms with Crippen molar-refractivity contribution >= 4 is 51.2 Å². The summed E-state index contributed by atoms with van der Waals surface area (Å²) in [6, 6.07) is 16.6. The van der Waals surface area contributed by atoms with Gasteiger partial charge in [-0.1, -0.05) is 36.4 Å². The largest absolute Gasteiger partial charge is 0.361 e. The molecule has 1 unspecified atom stereocenters. The number of H-pyrrole nitrogens is 2. The lowest BCUT2D eigenvalue weighted by Gasteiger charge is -2.28. The van der Waals surface area contributed by atoms with Gasteiger partial charge in [0.2, 0.25) is 0 Å². The van der Waals surface area contributed by atoms with E-state index in [9.17, 15) is 0 Å². The highest BCUT2D eigenvalue weighted by atomic mass is 15.1. The molecule has 5 heterocycles. The second-order valence-corrected chi connectivity index (χ2v) is 7.80. The number of dihydropyridines is 1. The van der Waals surface area contributed by atoms with Gasteiger partial charge in [0.1, 0.15) is 23.9 Å². The Morgan fingerprint density at radius 2 is 1.45 bits per heavy atom. The number of aliphatic imine (C=N–C) groups is 4. The van der Waals surface area contributed by atoms with Crippen molar-refractivity contribution in [1.82, 2.24) is 9.97 Å². The molecule has 0 spiro atoms. The van der Waals surface area contributed by atoms with Gasteiger partial charge in [-0.2, -0.15) is 0 Å². The maximum absolute atomic E-state index is 4.89. The monoisotopic (exact) mass is 400 g/mol. The van der Waals surface area contributed by atoms with Gasteiger partial charge in [-0.15, -0.1) is 0 Å². The Bertz CT molecular complexity index is 1510. The van der Waals surface area contributed by atoms with Crippen molar-refractivity contribution in [2.45, 2.75) is 0 Å². The van der Waals surface area contributed by atoms with Crippen LogP contribution in [0.25, 0.3) is 27.5 Å². The molecule has 0 aliphatic carbocycles. The van der Waals surface area contributed by atoms with Crippen LogP contribution in [0.5, 0.6) is 0 Å². The van der Waals surface area contributed by atoms with E-state index in [1.165, 1.54) is 0 Å². The molecule has 0 saturated carbocycles. The van der Waals surface area contributed by atoms with Crippen molar-refractivity contribution in [2.75, 3.05) is 0 Å². The Labute approximate surface area is 177 Å². The van der Waals surface area contributed by atoms with Crippen LogP contribution < -0.4 is 0 Å². The van der Waals surface area contributed by atoms with Gasteiger partial charge in [0.15, 0.2) is 0 Å². The van der Waals surface area contributed by atoms with E-state index in [-0.39, 0.29) is 5.92 Å². The third-order valence-corrected chi connectivity index (χ3v) is 6.03. The van der Waals surface area contributed by atoms with Gasteiger partial charge >= 0.3 is 0 Å². The van der Waals surface area contributed by atoms with E-state index in [0.717, 1.165) is 61.6 Å². The zero-order chi connectivity index (χ0) is 20.4. The average Bonchev–Trinajstić information content (AvgIpc) is 3.48. The van der Waals surface area contributed by atoms with E-state index in [2.05, 4.69) is 80.6 Å². The molecule has 6 nitrogen and oxygen atoms in total. The first-order chi connectivity index (χ1) is 15.3. The fourth-order valence-corrected chi connectivity index (χ4v) is 4.60. The molecule has 1 atom stereocenters. The van der Waals surface area contributed by atoms with E-state index >= 15 is 0 Å². The van der Waals surface area contributed by atoms with E-state index in [1.807, 2.05) is 12.4 Å². The Morgan fingerprint density at radius 1 is 0.710 bits per heavy atom. The predicted octanol–water partition coefficient (Wildman–Crippen LogP) is 4.89. The third-order valence-electron chi connectivity index (χ3n) is 6.03. The molecule has 2 N–H and O–H groups in total. The number of nitrogens with zero attached hydrogens (tertiary/aromatic N) is 4. The number of rotatable bonds is 2. The summed E-state index contributed by atoms with van der Waals surface area (Å²) in [5.74, 6) is 1.35. The molecule has 2 aromatic heterocycles. The lowest BCUT2D eigenvalue weighted by molar-refractivity contribution is 1.04. The fourth-order valence-electron chi connectivity index (χ4n) is 4.60. The molecule has 0 radical (unpaired) electrons. The fraction of sp³-hybridized carbons (Fsp3) is 0.0400. The van der Waals surface area contributed by atoms with Gasteiger partial charge in [0, 0.05) is 34.3 Å². The van der Waals surface area contributed by atoms with Crippen molar-refractivity contribution < 1.29 is 0 Å². The molecule has 0 amide bonds. The minimum atomic E-state index is -0.122. The number of allylic oxidation sites excluding steroid dienone is 2. The lowest BCUT2D eigenvalue weighted by atomic mass is 9.87. The summed E-state index contributed by atoms with van der Waals surface area (Å²) in [5, 5.41) is 2.32. The molecule has 2 aromatic carbocycles. The summed E-state index contributed by atoms with van der Waals surface area (Å²) in [7, 11) is 0. The van der Waals surface area contributed by atoms with Gasteiger partial charge in [0.05, 0.1) is 22.4 Å². The van der Waals surface area contributed by atoms with Gasteiger partial charge in [-0.25, -0.2) is 20.0 Å². The second kappa shape index (κ2) is 6.09. The Kier molecular flexibility index (Phi) is 3.24. The van der Waals surface area contributed by atoms with Crippen LogP contribution in [-0.2, 0) is 0 Å². The van der Waals surface area contributed by atoms with Gasteiger partial charge in [-0.05, 0) is 29.9 Å². The van der Waals surface area contributed by atoms with Crippen molar-refractivity contribution in [1.29, 1.82) is 0 Å². The van der Waals surface area contributed by atoms with Crippen LogP contribution in [0.3, 0.4) is 0 Å². The van der Waals surface area contributed by atoms with Crippen molar-refractivity contribution in [3.8, 4) is 0 Å². The van der Waals surface area contributed by atoms with Crippen molar-refractivity contribution in [3.05, 3.63) is 89.8 Å². The highest BCUT2D eigenvalue weighted by molar-refractivity contribution is 6.28. The lowest BCUT2D eigenvalue weighted by Crippen LogP contribution is -2.32. The molecular weight excluding hydrogens is 384 g/mol. The van der Waals surface area contributed by atoms with Crippen LogP contribution in [0.15, 0.2) is 98.6 Å². The van der Waals surface area contributed by atoms with Gasteiger partial charge < -0.3 is 9.97 Å². The third kappa shape index (κ3) is 2.39. The Morgan fingerprint density at radius 3 is 2.26 bits per heavy atom. The molecule has 6 heteroatoms. The number of hydrogen-bond donors (Lipinski definition) is 2. The summed E-state index contributed by atoms with van der Waals surface area (Å²) >= 11 is 0. The standard InChI is InChI=1S/C25H16N6/c1-3-14-7-9-26-22(14)17(5-1)19-11-16-12-20(18-6-2-4-15-8-10-27-23(15)18)31-25-21(16)24(30-19)28-13-29-25/h1-13,21,26-27H. The van der Waals surface area contributed by atoms with Crippen LogP contribution in [0.2, 0.25) is 0 Å². The molecular formula is C25H16N6. The zero-order valence-corrected chi connectivity index (χ0v) is 16.4. The van der Waals surface area contributed by atoms with Crippen LogP contribution in [0, 0.1) is 5.92 Å².